The number of benzene rings is 2. The molecule has 0 aliphatic carbocycles. The monoisotopic (exact) mass is 488 g/mol. The summed E-state index contributed by atoms with van der Waals surface area (Å²) < 4.78 is 6.41. The van der Waals surface area contributed by atoms with Crippen LogP contribution in [0.4, 0.5) is 17.5 Å². The highest BCUT2D eigenvalue weighted by atomic mass is 16.5. The van der Waals surface area contributed by atoms with Crippen molar-refractivity contribution >= 4 is 23.4 Å². The summed E-state index contributed by atoms with van der Waals surface area (Å²) in [5.41, 5.74) is 2.38. The van der Waals surface area contributed by atoms with Crippen LogP contribution in [-0.4, -0.2) is 56.1 Å². The average Bonchev–Trinajstić information content (AvgIpc) is 3.46. The lowest BCUT2D eigenvalue weighted by Gasteiger charge is -2.24. The molecule has 1 fully saturated rings. The van der Waals surface area contributed by atoms with Gasteiger partial charge >= 0.3 is 0 Å². The van der Waals surface area contributed by atoms with Crippen molar-refractivity contribution in [2.75, 3.05) is 55.4 Å². The van der Waals surface area contributed by atoms with Gasteiger partial charge in [-0.3, -0.25) is 4.79 Å². The molecule has 1 amide bonds. The molecule has 2 N–H and O–H groups in total. The van der Waals surface area contributed by atoms with Crippen LogP contribution in [0.1, 0.15) is 48.2 Å². The van der Waals surface area contributed by atoms with E-state index in [2.05, 4.69) is 37.6 Å². The molecule has 0 radical (unpaired) electrons. The summed E-state index contributed by atoms with van der Waals surface area (Å²) in [5.74, 6) is 1.81. The number of aromatic nitrogens is 2. The number of nitrogens with one attached hydrogen (secondary N) is 2. The summed E-state index contributed by atoms with van der Waals surface area (Å²) in [7, 11) is 3.72. The van der Waals surface area contributed by atoms with Gasteiger partial charge in [0.05, 0.1) is 0 Å². The van der Waals surface area contributed by atoms with Crippen LogP contribution in [-0.2, 0) is 0 Å². The van der Waals surface area contributed by atoms with E-state index in [1.54, 1.807) is 18.1 Å². The molecule has 36 heavy (non-hydrogen) atoms. The van der Waals surface area contributed by atoms with Gasteiger partial charge in [-0.25, -0.2) is 4.98 Å². The highest BCUT2D eigenvalue weighted by Gasteiger charge is 2.25. The normalized spacial score (nSPS) is 13.9. The first kappa shape index (κ1) is 25.4. The van der Waals surface area contributed by atoms with Gasteiger partial charge in [0, 0.05) is 51.1 Å². The lowest BCUT2D eigenvalue weighted by Crippen LogP contribution is -2.30. The van der Waals surface area contributed by atoms with Gasteiger partial charge in [0.2, 0.25) is 5.95 Å². The van der Waals surface area contributed by atoms with Crippen LogP contribution in [0.15, 0.2) is 60.8 Å². The molecule has 2 aromatic carbocycles. The quantitative estimate of drug-likeness (QED) is 0.411. The molecule has 0 bridgehead atoms. The van der Waals surface area contributed by atoms with Gasteiger partial charge in [-0.15, -0.1) is 0 Å². The van der Waals surface area contributed by atoms with Crippen molar-refractivity contribution < 1.29 is 9.53 Å². The Morgan fingerprint density at radius 2 is 1.92 bits per heavy atom. The molecule has 0 saturated carbocycles. The molecule has 2 heterocycles. The second-order valence-electron chi connectivity index (χ2n) is 8.93. The molecule has 1 saturated heterocycles. The average molecular weight is 489 g/mol. The van der Waals surface area contributed by atoms with E-state index in [-0.39, 0.29) is 12.0 Å². The zero-order chi connectivity index (χ0) is 25.3. The van der Waals surface area contributed by atoms with Crippen LogP contribution in [0.3, 0.4) is 0 Å². The van der Waals surface area contributed by atoms with Crippen LogP contribution < -0.4 is 25.2 Å². The Balaban J connectivity index is 1.57. The van der Waals surface area contributed by atoms with Gasteiger partial charge in [0.25, 0.3) is 5.91 Å². The minimum absolute atomic E-state index is 0.0938. The maximum absolute atomic E-state index is 13.6. The first-order valence-corrected chi connectivity index (χ1v) is 12.7. The molecule has 3 aromatic rings. The summed E-state index contributed by atoms with van der Waals surface area (Å²) in [5, 5.41) is 6.36. The summed E-state index contributed by atoms with van der Waals surface area (Å²) in [6.07, 6.45) is 4.57. The molecule has 8 heteroatoms. The van der Waals surface area contributed by atoms with Crippen molar-refractivity contribution in [2.45, 2.75) is 32.3 Å². The highest BCUT2D eigenvalue weighted by Crippen LogP contribution is 2.30. The molecule has 1 aliphatic rings. The van der Waals surface area contributed by atoms with Crippen molar-refractivity contribution in [2.24, 2.45) is 0 Å². The van der Waals surface area contributed by atoms with E-state index in [0.29, 0.717) is 17.3 Å². The van der Waals surface area contributed by atoms with Crippen LogP contribution in [0, 0.1) is 0 Å². The van der Waals surface area contributed by atoms with Crippen molar-refractivity contribution in [1.82, 2.24) is 15.3 Å². The van der Waals surface area contributed by atoms with E-state index in [1.165, 1.54) is 0 Å². The number of anilines is 3. The van der Waals surface area contributed by atoms with Crippen molar-refractivity contribution in [1.29, 1.82) is 0 Å². The smallest absolute Gasteiger partial charge is 0.263 e. The molecular formula is C28H36N6O2. The molecule has 190 valence electrons. The third kappa shape index (κ3) is 6.12. The van der Waals surface area contributed by atoms with Gasteiger partial charge in [0.1, 0.15) is 23.2 Å². The fourth-order valence-corrected chi connectivity index (χ4v) is 4.40. The van der Waals surface area contributed by atoms with E-state index in [9.17, 15) is 4.79 Å². The zero-order valence-electron chi connectivity index (χ0n) is 21.4. The summed E-state index contributed by atoms with van der Waals surface area (Å²) in [6, 6.07) is 17.9. The second-order valence-corrected chi connectivity index (χ2v) is 8.93. The molecule has 4 rings (SSSR count). The number of amides is 1. The zero-order valence-corrected chi connectivity index (χ0v) is 21.4. The minimum Gasteiger partial charge on any atom is -0.486 e. The van der Waals surface area contributed by atoms with Gasteiger partial charge in [0.15, 0.2) is 0 Å². The Labute approximate surface area is 213 Å². The van der Waals surface area contributed by atoms with Gasteiger partial charge in [-0.05, 0) is 51.1 Å². The standard InChI is InChI=1S/C28H36N6O2/c1-4-30-28-31-20-24(26(32-28)34-17-8-9-18-34)27(35)33(3)22-13-10-14-23(19-22)36-25(15-16-29-2)21-11-6-5-7-12-21/h5-7,10-14,19-20,25,29H,4,8-9,15-18H2,1-3H3,(H,30,31,32). The number of rotatable bonds is 11. The van der Waals surface area contributed by atoms with Crippen molar-refractivity contribution in [3.8, 4) is 5.75 Å². The molecule has 1 aromatic heterocycles. The van der Waals surface area contributed by atoms with Crippen molar-refractivity contribution in [3.05, 3.63) is 71.9 Å². The fraction of sp³-hybridized carbons (Fsp3) is 0.393. The van der Waals surface area contributed by atoms with Crippen molar-refractivity contribution in [3.63, 3.8) is 0 Å². The molecular weight excluding hydrogens is 452 g/mol. The van der Waals surface area contributed by atoms with E-state index in [4.69, 9.17) is 4.74 Å². The Bertz CT molecular complexity index is 1130. The Morgan fingerprint density at radius 3 is 2.64 bits per heavy atom. The highest BCUT2D eigenvalue weighted by molar-refractivity contribution is 6.08. The Hall–Kier alpha value is -3.65. The van der Waals surface area contributed by atoms with Gasteiger partial charge < -0.3 is 25.2 Å². The largest absolute Gasteiger partial charge is 0.486 e. The fourth-order valence-electron chi connectivity index (χ4n) is 4.40. The molecule has 8 nitrogen and oxygen atoms in total. The van der Waals surface area contributed by atoms with E-state index < -0.39 is 0 Å². The molecule has 1 unspecified atom stereocenters. The number of carbonyl (C=O) groups excluding carboxylic acids is 1. The van der Waals surface area contributed by atoms with Crippen LogP contribution in [0.25, 0.3) is 0 Å². The summed E-state index contributed by atoms with van der Waals surface area (Å²) in [4.78, 5) is 26.5. The first-order chi connectivity index (χ1) is 17.6. The second kappa shape index (κ2) is 12.4. The van der Waals surface area contributed by atoms with E-state index in [1.807, 2.05) is 56.4 Å². The number of hydrogen-bond acceptors (Lipinski definition) is 7. The number of carbonyl (C=O) groups is 1. The SMILES string of the molecule is CCNc1ncc(C(=O)N(C)c2cccc(OC(CCNC)c3ccccc3)c2)c(N2CCCC2)n1. The molecule has 1 atom stereocenters. The Kier molecular flexibility index (Phi) is 8.73. The van der Waals surface area contributed by atoms with E-state index in [0.717, 1.165) is 62.4 Å². The van der Waals surface area contributed by atoms with Gasteiger partial charge in [-0.2, -0.15) is 4.98 Å². The van der Waals surface area contributed by atoms with Crippen LogP contribution >= 0.6 is 0 Å². The van der Waals surface area contributed by atoms with Gasteiger partial charge in [-0.1, -0.05) is 36.4 Å². The third-order valence-electron chi connectivity index (χ3n) is 6.36. The summed E-state index contributed by atoms with van der Waals surface area (Å²) in [6.45, 7) is 5.34. The van der Waals surface area contributed by atoms with Crippen LogP contribution in [0.5, 0.6) is 5.75 Å². The maximum atomic E-state index is 13.6. The molecule has 1 aliphatic heterocycles. The number of nitrogens with zero attached hydrogens (tertiary/aromatic N) is 4. The maximum Gasteiger partial charge on any atom is 0.263 e. The predicted octanol–water partition coefficient (Wildman–Crippen LogP) is 4.51. The van der Waals surface area contributed by atoms with E-state index >= 15 is 0 Å². The minimum atomic E-state index is -0.146. The predicted molar refractivity (Wildman–Crippen MR) is 145 cm³/mol. The summed E-state index contributed by atoms with van der Waals surface area (Å²) >= 11 is 0. The lowest BCUT2D eigenvalue weighted by molar-refractivity contribution is 0.0993. The topological polar surface area (TPSA) is 82.6 Å². The Morgan fingerprint density at radius 1 is 1.14 bits per heavy atom. The molecule has 0 spiro atoms. The third-order valence-corrected chi connectivity index (χ3v) is 6.36. The first-order valence-electron chi connectivity index (χ1n) is 12.7. The number of ether oxygens (including phenoxy) is 1. The number of hydrogen-bond donors (Lipinski definition) is 2. The lowest BCUT2D eigenvalue weighted by atomic mass is 10.1. The van der Waals surface area contributed by atoms with Crippen LogP contribution in [0.2, 0.25) is 0 Å².